The minimum atomic E-state index is 0.0850. The molecule has 3 nitrogen and oxygen atoms in total. The van der Waals surface area contributed by atoms with E-state index < -0.39 is 0 Å². The van der Waals surface area contributed by atoms with Crippen LogP contribution in [0.4, 0.5) is 0 Å². The van der Waals surface area contributed by atoms with Crippen LogP contribution < -0.4 is 5.32 Å². The largest absolute Gasteiger partial charge is 0.356 e. The van der Waals surface area contributed by atoms with Gasteiger partial charge in [-0.15, -0.1) is 0 Å². The first-order valence-electron chi connectivity index (χ1n) is 6.89. The lowest BCUT2D eigenvalue weighted by atomic mass is 9.67. The van der Waals surface area contributed by atoms with Crippen LogP contribution in [0.5, 0.6) is 0 Å². The molecule has 0 aliphatic heterocycles. The molecule has 0 heterocycles. The van der Waals surface area contributed by atoms with Crippen molar-refractivity contribution in [2.24, 2.45) is 23.7 Å². The van der Waals surface area contributed by atoms with Crippen molar-refractivity contribution in [1.29, 1.82) is 0 Å². The van der Waals surface area contributed by atoms with Crippen molar-refractivity contribution in [3.05, 3.63) is 0 Å². The van der Waals surface area contributed by atoms with Gasteiger partial charge < -0.3 is 5.32 Å². The Labute approximate surface area is 103 Å². The monoisotopic (exact) mass is 237 g/mol. The van der Waals surface area contributed by atoms with Gasteiger partial charge in [-0.25, -0.2) is 0 Å². The van der Waals surface area contributed by atoms with Gasteiger partial charge in [0.05, 0.1) is 0 Å². The molecule has 2 aliphatic carbocycles. The van der Waals surface area contributed by atoms with Crippen molar-refractivity contribution in [3.8, 4) is 0 Å². The molecular formula is C14H23NO2. The van der Waals surface area contributed by atoms with Crippen molar-refractivity contribution >= 4 is 11.7 Å². The van der Waals surface area contributed by atoms with E-state index in [0.29, 0.717) is 11.7 Å². The summed E-state index contributed by atoms with van der Waals surface area (Å²) in [5, 5.41) is 3.01. The molecule has 2 atom stereocenters. The number of Topliss-reactive ketones (excluding diaryl/α,β-unsaturated/α-hetero) is 1. The Hall–Kier alpha value is -0.860. The van der Waals surface area contributed by atoms with E-state index in [4.69, 9.17) is 0 Å². The molecule has 0 radical (unpaired) electrons. The number of carbonyl (C=O) groups is 2. The fraction of sp³-hybridized carbons (Fsp3) is 0.857. The van der Waals surface area contributed by atoms with Crippen LogP contribution in [0.2, 0.25) is 0 Å². The normalized spacial score (nSPS) is 32.6. The molecule has 2 aliphatic rings. The first-order chi connectivity index (χ1) is 8.08. The SMILES string of the molecule is CC(C)CNC(=O)C1CC2CCCC(C1)C2=O. The lowest BCUT2D eigenvalue weighted by Gasteiger charge is -2.37. The summed E-state index contributed by atoms with van der Waals surface area (Å²) < 4.78 is 0. The fourth-order valence-corrected chi connectivity index (χ4v) is 3.14. The molecule has 2 unspecified atom stereocenters. The number of carbonyl (C=O) groups excluding carboxylic acids is 2. The van der Waals surface area contributed by atoms with Gasteiger partial charge in [0.15, 0.2) is 0 Å². The summed E-state index contributed by atoms with van der Waals surface area (Å²) in [4.78, 5) is 23.9. The van der Waals surface area contributed by atoms with E-state index in [0.717, 1.165) is 32.2 Å². The molecule has 2 fully saturated rings. The van der Waals surface area contributed by atoms with Gasteiger partial charge in [0, 0.05) is 24.3 Å². The van der Waals surface area contributed by atoms with Gasteiger partial charge in [-0.2, -0.15) is 0 Å². The first kappa shape index (κ1) is 12.6. The first-order valence-corrected chi connectivity index (χ1v) is 6.89. The Morgan fingerprint density at radius 1 is 1.29 bits per heavy atom. The smallest absolute Gasteiger partial charge is 0.223 e. The van der Waals surface area contributed by atoms with Crippen LogP contribution in [-0.2, 0) is 9.59 Å². The lowest BCUT2D eigenvalue weighted by Crippen LogP contribution is -2.43. The molecule has 0 aromatic carbocycles. The van der Waals surface area contributed by atoms with Gasteiger partial charge in [0.1, 0.15) is 5.78 Å². The standard InChI is InChI=1S/C14H23NO2/c1-9(2)8-15-14(17)12-6-10-4-3-5-11(7-12)13(10)16/h9-12H,3-8H2,1-2H3,(H,15,17). The third-order valence-corrected chi connectivity index (χ3v) is 4.10. The minimum Gasteiger partial charge on any atom is -0.356 e. The predicted octanol–water partition coefficient (Wildman–Crippen LogP) is 2.15. The highest BCUT2D eigenvalue weighted by Gasteiger charge is 2.41. The Balaban J connectivity index is 1.90. The highest BCUT2D eigenvalue weighted by Crippen LogP contribution is 2.40. The fourth-order valence-electron chi connectivity index (χ4n) is 3.14. The Morgan fingerprint density at radius 3 is 2.41 bits per heavy atom. The summed E-state index contributed by atoms with van der Waals surface area (Å²) in [6, 6.07) is 0. The third-order valence-electron chi connectivity index (χ3n) is 4.10. The van der Waals surface area contributed by atoms with E-state index in [-0.39, 0.29) is 23.7 Å². The second-order valence-electron chi connectivity index (χ2n) is 6.03. The van der Waals surface area contributed by atoms with Crippen LogP contribution in [-0.4, -0.2) is 18.2 Å². The van der Waals surface area contributed by atoms with Gasteiger partial charge in [-0.05, 0) is 31.6 Å². The third kappa shape index (κ3) is 2.88. The van der Waals surface area contributed by atoms with Gasteiger partial charge in [0.25, 0.3) is 0 Å². The molecule has 0 saturated heterocycles. The number of ketones is 1. The highest BCUT2D eigenvalue weighted by molar-refractivity contribution is 5.88. The topological polar surface area (TPSA) is 46.2 Å². The number of hydrogen-bond donors (Lipinski definition) is 1. The zero-order valence-electron chi connectivity index (χ0n) is 10.9. The van der Waals surface area contributed by atoms with Crippen LogP contribution in [0.25, 0.3) is 0 Å². The van der Waals surface area contributed by atoms with Crippen LogP contribution in [0.15, 0.2) is 0 Å². The number of fused-ring (bicyclic) bond motifs is 2. The Bertz CT molecular complexity index is 295. The highest BCUT2D eigenvalue weighted by atomic mass is 16.2. The molecule has 0 aromatic heterocycles. The second-order valence-corrected chi connectivity index (χ2v) is 6.03. The van der Waals surface area contributed by atoms with Gasteiger partial charge in [0.2, 0.25) is 5.91 Å². The maximum absolute atomic E-state index is 12.0. The number of hydrogen-bond acceptors (Lipinski definition) is 2. The van der Waals surface area contributed by atoms with Gasteiger partial charge >= 0.3 is 0 Å². The lowest BCUT2D eigenvalue weighted by molar-refractivity contribution is -0.137. The molecule has 2 bridgehead atoms. The van der Waals surface area contributed by atoms with Crippen molar-refractivity contribution in [3.63, 3.8) is 0 Å². The van der Waals surface area contributed by atoms with E-state index in [1.54, 1.807) is 0 Å². The zero-order chi connectivity index (χ0) is 12.4. The molecule has 2 rings (SSSR count). The van der Waals surface area contributed by atoms with Crippen LogP contribution in [0.3, 0.4) is 0 Å². The predicted molar refractivity (Wildman–Crippen MR) is 66.4 cm³/mol. The molecule has 1 amide bonds. The summed E-state index contributed by atoms with van der Waals surface area (Å²) in [6.07, 6.45) is 4.76. The summed E-state index contributed by atoms with van der Waals surface area (Å²) in [5.74, 6) is 1.53. The van der Waals surface area contributed by atoms with Crippen LogP contribution in [0, 0.1) is 23.7 Å². The van der Waals surface area contributed by atoms with E-state index >= 15 is 0 Å². The summed E-state index contributed by atoms with van der Waals surface area (Å²) in [7, 11) is 0. The molecular weight excluding hydrogens is 214 g/mol. The molecule has 3 heteroatoms. The van der Waals surface area contributed by atoms with Gasteiger partial charge in [-0.1, -0.05) is 20.3 Å². The zero-order valence-corrected chi connectivity index (χ0v) is 10.9. The van der Waals surface area contributed by atoms with Gasteiger partial charge in [-0.3, -0.25) is 9.59 Å². The molecule has 17 heavy (non-hydrogen) atoms. The summed E-state index contributed by atoms with van der Waals surface area (Å²) >= 11 is 0. The van der Waals surface area contributed by atoms with Crippen molar-refractivity contribution in [1.82, 2.24) is 5.32 Å². The quantitative estimate of drug-likeness (QED) is 0.817. The van der Waals surface area contributed by atoms with Crippen molar-refractivity contribution in [2.75, 3.05) is 6.54 Å². The van der Waals surface area contributed by atoms with Crippen LogP contribution >= 0.6 is 0 Å². The Morgan fingerprint density at radius 2 is 1.88 bits per heavy atom. The number of rotatable bonds is 3. The van der Waals surface area contributed by atoms with Crippen molar-refractivity contribution in [2.45, 2.75) is 46.0 Å². The number of amides is 1. The van der Waals surface area contributed by atoms with Crippen molar-refractivity contribution < 1.29 is 9.59 Å². The van der Waals surface area contributed by atoms with E-state index in [1.807, 2.05) is 0 Å². The molecule has 2 saturated carbocycles. The molecule has 1 N–H and O–H groups in total. The molecule has 96 valence electrons. The summed E-state index contributed by atoms with van der Waals surface area (Å²) in [6.45, 7) is 4.94. The molecule has 0 spiro atoms. The second kappa shape index (κ2) is 5.19. The van der Waals surface area contributed by atoms with E-state index in [1.165, 1.54) is 6.42 Å². The van der Waals surface area contributed by atoms with E-state index in [9.17, 15) is 9.59 Å². The minimum absolute atomic E-state index is 0.0850. The number of nitrogens with one attached hydrogen (secondary N) is 1. The molecule has 0 aromatic rings. The van der Waals surface area contributed by atoms with Crippen LogP contribution in [0.1, 0.15) is 46.0 Å². The maximum atomic E-state index is 12.0. The average molecular weight is 237 g/mol. The summed E-state index contributed by atoms with van der Waals surface area (Å²) in [5.41, 5.74) is 0. The average Bonchev–Trinajstić information content (AvgIpc) is 2.25. The Kier molecular flexibility index (Phi) is 3.85. The van der Waals surface area contributed by atoms with E-state index in [2.05, 4.69) is 19.2 Å². The maximum Gasteiger partial charge on any atom is 0.223 e.